The van der Waals surface area contributed by atoms with E-state index in [2.05, 4.69) is 5.32 Å². The van der Waals surface area contributed by atoms with Crippen LogP contribution in [0.1, 0.15) is 10.4 Å². The van der Waals surface area contributed by atoms with E-state index in [0.717, 1.165) is 0 Å². The van der Waals surface area contributed by atoms with Gasteiger partial charge in [-0.15, -0.1) is 0 Å². The van der Waals surface area contributed by atoms with Crippen LogP contribution in [0.25, 0.3) is 11.0 Å². The summed E-state index contributed by atoms with van der Waals surface area (Å²) >= 11 is 0. The topological polar surface area (TPSA) is 62.5 Å². The molecule has 0 aliphatic carbocycles. The van der Waals surface area contributed by atoms with E-state index in [-0.39, 0.29) is 5.56 Å². The van der Waals surface area contributed by atoms with Crippen molar-refractivity contribution in [1.29, 1.82) is 0 Å². The zero-order chi connectivity index (χ0) is 13.2. The molecule has 1 amide bonds. The Labute approximate surface area is 101 Å². The molecule has 2 rings (SSSR count). The van der Waals surface area contributed by atoms with Crippen molar-refractivity contribution in [2.24, 2.45) is 0 Å². The molecule has 0 atom stereocenters. The van der Waals surface area contributed by atoms with E-state index in [1.54, 1.807) is 24.3 Å². The Kier molecular flexibility index (Phi) is 3.29. The summed E-state index contributed by atoms with van der Waals surface area (Å²) in [7, 11) is 0. The number of fused-ring (bicyclic) bond motifs is 1. The predicted molar refractivity (Wildman–Crippen MR) is 60.6 cm³/mol. The van der Waals surface area contributed by atoms with E-state index in [1.165, 1.54) is 6.26 Å². The molecule has 0 saturated heterocycles. The molecule has 1 heterocycles. The number of hydrogen-bond acceptors (Lipinski definition) is 3. The highest BCUT2D eigenvalue weighted by atomic mass is 19.3. The maximum Gasteiger partial charge on any atom is 0.287 e. The molecule has 6 heteroatoms. The standard InChI is InChI=1S/C12H11F2NO3/c13-12(14,7-16)6-15-11(17)9-5-18-10-4-2-1-3-8(9)10/h1-5,16H,6-7H2,(H,15,17). The number of furan rings is 1. The second-order valence-electron chi connectivity index (χ2n) is 3.84. The summed E-state index contributed by atoms with van der Waals surface area (Å²) in [6.45, 7) is -2.22. The molecule has 0 fully saturated rings. The average Bonchev–Trinajstić information content (AvgIpc) is 2.80. The van der Waals surface area contributed by atoms with E-state index < -0.39 is 25.0 Å². The van der Waals surface area contributed by atoms with Gasteiger partial charge in [0.15, 0.2) is 0 Å². The van der Waals surface area contributed by atoms with E-state index in [9.17, 15) is 13.6 Å². The van der Waals surface area contributed by atoms with Gasteiger partial charge in [0, 0.05) is 5.39 Å². The number of amides is 1. The molecule has 2 N–H and O–H groups in total. The third-order valence-electron chi connectivity index (χ3n) is 2.46. The summed E-state index contributed by atoms with van der Waals surface area (Å²) in [4.78, 5) is 11.7. The van der Waals surface area contributed by atoms with E-state index in [4.69, 9.17) is 9.52 Å². The fourth-order valence-corrected chi connectivity index (χ4v) is 1.51. The molecule has 0 bridgehead atoms. The number of alkyl halides is 2. The van der Waals surface area contributed by atoms with Crippen molar-refractivity contribution in [1.82, 2.24) is 5.32 Å². The molecule has 96 valence electrons. The Bertz CT molecular complexity index is 565. The molecule has 1 aromatic heterocycles. The van der Waals surface area contributed by atoms with Crippen LogP contribution in [0.2, 0.25) is 0 Å². The van der Waals surface area contributed by atoms with E-state index in [1.807, 2.05) is 0 Å². The number of aliphatic hydroxyl groups is 1. The minimum Gasteiger partial charge on any atom is -0.463 e. The lowest BCUT2D eigenvalue weighted by atomic mass is 10.1. The van der Waals surface area contributed by atoms with Crippen LogP contribution in [-0.2, 0) is 0 Å². The number of aliphatic hydroxyl groups excluding tert-OH is 1. The van der Waals surface area contributed by atoms with Crippen LogP contribution in [0.15, 0.2) is 34.9 Å². The van der Waals surface area contributed by atoms with E-state index >= 15 is 0 Å². The first kappa shape index (κ1) is 12.5. The highest BCUT2D eigenvalue weighted by Crippen LogP contribution is 2.20. The van der Waals surface area contributed by atoms with Gasteiger partial charge in [-0.2, -0.15) is 0 Å². The Hall–Kier alpha value is -1.95. The molecule has 0 aliphatic heterocycles. The van der Waals surface area contributed by atoms with Crippen molar-refractivity contribution in [2.75, 3.05) is 13.2 Å². The zero-order valence-corrected chi connectivity index (χ0v) is 9.32. The number of rotatable bonds is 4. The minimum atomic E-state index is -3.32. The van der Waals surface area contributed by atoms with Crippen LogP contribution in [0.5, 0.6) is 0 Å². The van der Waals surface area contributed by atoms with Crippen molar-refractivity contribution < 1.29 is 23.1 Å². The largest absolute Gasteiger partial charge is 0.463 e. The Morgan fingerprint density at radius 1 is 1.39 bits per heavy atom. The van der Waals surface area contributed by atoms with Gasteiger partial charge in [0.2, 0.25) is 0 Å². The van der Waals surface area contributed by atoms with Gasteiger partial charge >= 0.3 is 0 Å². The first-order valence-electron chi connectivity index (χ1n) is 5.26. The van der Waals surface area contributed by atoms with Gasteiger partial charge in [0.05, 0.1) is 12.1 Å². The average molecular weight is 255 g/mol. The number of halogens is 2. The van der Waals surface area contributed by atoms with Gasteiger partial charge < -0.3 is 14.8 Å². The maximum absolute atomic E-state index is 12.8. The third-order valence-corrected chi connectivity index (χ3v) is 2.46. The Morgan fingerprint density at radius 3 is 2.83 bits per heavy atom. The van der Waals surface area contributed by atoms with Crippen molar-refractivity contribution >= 4 is 16.9 Å². The summed E-state index contributed by atoms with van der Waals surface area (Å²) in [5.41, 5.74) is 0.705. The molecule has 18 heavy (non-hydrogen) atoms. The van der Waals surface area contributed by atoms with Gasteiger partial charge in [-0.3, -0.25) is 4.79 Å². The molecule has 2 aromatic rings. The fraction of sp³-hybridized carbons (Fsp3) is 0.250. The molecule has 0 saturated carbocycles. The monoisotopic (exact) mass is 255 g/mol. The van der Waals surface area contributed by atoms with Gasteiger partial charge in [-0.1, -0.05) is 18.2 Å². The summed E-state index contributed by atoms with van der Waals surface area (Å²) in [6, 6.07) is 6.80. The lowest BCUT2D eigenvalue weighted by Crippen LogP contribution is -2.38. The number of benzene rings is 1. The van der Waals surface area contributed by atoms with Gasteiger partial charge in [0.25, 0.3) is 11.8 Å². The van der Waals surface area contributed by atoms with Crippen molar-refractivity contribution in [3.8, 4) is 0 Å². The fourth-order valence-electron chi connectivity index (χ4n) is 1.51. The van der Waals surface area contributed by atoms with Crippen molar-refractivity contribution in [3.63, 3.8) is 0 Å². The van der Waals surface area contributed by atoms with Crippen LogP contribution >= 0.6 is 0 Å². The molecule has 1 aromatic carbocycles. The van der Waals surface area contributed by atoms with Gasteiger partial charge in [-0.25, -0.2) is 8.78 Å². The second kappa shape index (κ2) is 4.73. The summed E-state index contributed by atoms with van der Waals surface area (Å²) in [5, 5.41) is 11.0. The first-order valence-corrected chi connectivity index (χ1v) is 5.26. The molecule has 0 aliphatic rings. The quantitative estimate of drug-likeness (QED) is 0.875. The number of carbonyl (C=O) groups excluding carboxylic acids is 1. The second-order valence-corrected chi connectivity index (χ2v) is 3.84. The molecular formula is C12H11F2NO3. The van der Waals surface area contributed by atoms with Crippen molar-refractivity contribution in [3.05, 3.63) is 36.1 Å². The summed E-state index contributed by atoms with van der Waals surface area (Å²) in [5.74, 6) is -3.98. The van der Waals surface area contributed by atoms with Crippen LogP contribution < -0.4 is 5.32 Å². The number of para-hydroxylation sites is 1. The third kappa shape index (κ3) is 2.48. The van der Waals surface area contributed by atoms with Crippen LogP contribution in [0, 0.1) is 0 Å². The zero-order valence-electron chi connectivity index (χ0n) is 9.32. The Balaban J connectivity index is 2.14. The molecule has 0 radical (unpaired) electrons. The molecule has 4 nitrogen and oxygen atoms in total. The van der Waals surface area contributed by atoms with Crippen molar-refractivity contribution in [2.45, 2.75) is 5.92 Å². The smallest absolute Gasteiger partial charge is 0.287 e. The molecule has 0 unspecified atom stereocenters. The van der Waals surface area contributed by atoms with Gasteiger partial charge in [-0.05, 0) is 6.07 Å². The van der Waals surface area contributed by atoms with Crippen LogP contribution in [-0.4, -0.2) is 30.1 Å². The van der Waals surface area contributed by atoms with E-state index in [0.29, 0.717) is 11.0 Å². The normalized spacial score (nSPS) is 11.7. The Morgan fingerprint density at radius 2 is 2.11 bits per heavy atom. The molecular weight excluding hydrogens is 244 g/mol. The first-order chi connectivity index (χ1) is 8.53. The number of carbonyl (C=O) groups is 1. The number of hydrogen-bond donors (Lipinski definition) is 2. The van der Waals surface area contributed by atoms with Gasteiger partial charge in [0.1, 0.15) is 18.5 Å². The highest BCUT2D eigenvalue weighted by molar-refractivity contribution is 6.05. The maximum atomic E-state index is 12.8. The van der Waals surface area contributed by atoms with Crippen LogP contribution in [0.3, 0.4) is 0 Å². The highest BCUT2D eigenvalue weighted by Gasteiger charge is 2.28. The lowest BCUT2D eigenvalue weighted by Gasteiger charge is -2.13. The number of nitrogens with one attached hydrogen (secondary N) is 1. The molecule has 0 spiro atoms. The van der Waals surface area contributed by atoms with Crippen LogP contribution in [0.4, 0.5) is 8.78 Å². The predicted octanol–water partition coefficient (Wildman–Crippen LogP) is 1.79. The summed E-state index contributed by atoms with van der Waals surface area (Å²) < 4.78 is 30.7. The SMILES string of the molecule is O=C(NCC(F)(F)CO)c1coc2ccccc12. The lowest BCUT2D eigenvalue weighted by molar-refractivity contribution is -0.0461. The summed E-state index contributed by atoms with van der Waals surface area (Å²) in [6.07, 6.45) is 1.22. The minimum absolute atomic E-state index is 0.194.